The van der Waals surface area contributed by atoms with Gasteiger partial charge in [0.05, 0.1) is 31.2 Å². The first-order valence-electron chi connectivity index (χ1n) is 43.7. The molecule has 4 aromatic rings. The number of likely N-dealkylation sites (tertiary alicyclic amines) is 2. The van der Waals surface area contributed by atoms with Crippen LogP contribution in [0, 0.1) is 35.5 Å². The van der Waals surface area contributed by atoms with Crippen LogP contribution in [-0.4, -0.2) is 216 Å². The highest BCUT2D eigenvalue weighted by Gasteiger charge is 2.49. The summed E-state index contributed by atoms with van der Waals surface area (Å²) >= 11 is 0. The lowest BCUT2D eigenvalue weighted by atomic mass is 9.88. The minimum Gasteiger partial charge on any atom is -0.481 e. The average Bonchev–Trinajstić information content (AvgIpc) is 1.66. The van der Waals surface area contributed by atoms with Crippen molar-refractivity contribution in [3.63, 3.8) is 0 Å². The monoisotopic (exact) mass is 1770 g/mol. The van der Waals surface area contributed by atoms with Gasteiger partial charge in [-0.1, -0.05) is 206 Å². The lowest BCUT2D eigenvalue weighted by Gasteiger charge is -2.32. The Bertz CT molecular complexity index is 4440. The quantitative estimate of drug-likeness (QED) is 0.0147. The van der Waals surface area contributed by atoms with Gasteiger partial charge < -0.3 is 76.3 Å². The average molecular weight is 1770 g/mol. The van der Waals surface area contributed by atoms with Crippen LogP contribution in [0.4, 0.5) is 9.59 Å². The summed E-state index contributed by atoms with van der Waals surface area (Å²) in [7, 11) is 0. The number of carboxylic acids is 3. The maximum Gasteiger partial charge on any atom is 0.410 e. The summed E-state index contributed by atoms with van der Waals surface area (Å²) in [6, 6.07) is 23.8. The predicted molar refractivity (Wildman–Crippen MR) is 473 cm³/mol. The van der Waals surface area contributed by atoms with E-state index in [2.05, 4.69) is 31.9 Å². The number of Topliss-reactive ketones (excluding diaryl/α,β-unsaturated/α-hetero) is 4. The SMILES string of the molecule is C.C.CCCC(NC(=O)C1CC(OC(=O)N2CCc3ccccc3C2)CN1C(=O)[C@@H](NC(=O)[C@H](CC(=O)CCCCC(=O)O)C(C)C)C(C)C)C(=O)C(=O)N[C@@H](C)c1ccccc1.CCCC(NC(=O)C1CC(OC(=O)N2CCc3ccccc3C2)CN1C(=O)[C@@H](NC(=O)[C@H](CC(=O)CCCCC(=O)O)C(C)C)C(C)C)C(=O)C(=O)N[C@@H](Cc1ccccc1)C(=O)O. The number of carbonyl (C=O) groups is 17. The minimum absolute atomic E-state index is 0. The standard InChI is InChI=1S/C47H63N5O12.C46H63N5O10.2CH4/c1-6-14-36(41(56)44(59)49-37(46(61)62)23-30-15-8-7-9-16-30)48-43(58)38-25-34(64-47(63)51-22-21-31-17-10-11-18-32(31)26-51)27-52(38)45(60)40(29(4)5)50-42(57)35(28(2)3)24-33(53)19-12-13-20-39(54)55;1-7-15-37(41(55)44(58)47-30(6)31-16-9-8-10-17-31)48-43(57)38-25-35(61-46(60)50-23-22-32-18-11-12-19-33(32)26-50)27-51(38)45(59)40(29(4)5)49-42(56)36(28(2)3)24-34(52)20-13-14-21-39(53)54;;/h7-11,15-18,28-29,34-38,40H,6,12-14,19-27H2,1-5H3,(H,48,58)(H,49,59)(H,50,57)(H,54,55)(H,61,62);8-12,16-19,28-30,35-38,40H,7,13-15,20-27H2,1-6H3,(H,47,58)(H,48,57)(H,49,56)(H,53,54);2*1H4/t34?,35-,36?,37+,38?,40+;30-,35?,36+,37?,38?,40-;;/m10../s1. The van der Waals surface area contributed by atoms with Gasteiger partial charge in [0, 0.05) is 95.8 Å². The highest BCUT2D eigenvalue weighted by atomic mass is 16.6. The summed E-state index contributed by atoms with van der Waals surface area (Å²) in [5, 5.41) is 43.7. The summed E-state index contributed by atoms with van der Waals surface area (Å²) in [4.78, 5) is 232. The number of amides is 10. The van der Waals surface area contributed by atoms with Gasteiger partial charge in [-0.25, -0.2) is 14.4 Å². The summed E-state index contributed by atoms with van der Waals surface area (Å²) < 4.78 is 11.9. The van der Waals surface area contributed by atoms with Crippen molar-refractivity contribution in [3.8, 4) is 0 Å². The molecule has 0 aromatic heterocycles. The van der Waals surface area contributed by atoms with E-state index in [-0.39, 0.29) is 122 Å². The number of hydrogen-bond donors (Lipinski definition) is 9. The number of unbranched alkanes of at least 4 members (excludes halogenated alkanes) is 2. The second-order valence-electron chi connectivity index (χ2n) is 34.3. The summed E-state index contributed by atoms with van der Waals surface area (Å²) in [6.07, 6.45) is -0.0457. The van der Waals surface area contributed by atoms with Crippen LogP contribution in [0.5, 0.6) is 0 Å². The van der Waals surface area contributed by atoms with Gasteiger partial charge in [-0.05, 0) is 115 Å². The normalized spacial score (nSPS) is 17.6. The van der Waals surface area contributed by atoms with Crippen LogP contribution >= 0.6 is 0 Å². The van der Waals surface area contributed by atoms with E-state index in [4.69, 9.17) is 19.7 Å². The molecule has 4 heterocycles. The first-order valence-corrected chi connectivity index (χ1v) is 43.7. The van der Waals surface area contributed by atoms with E-state index in [9.17, 15) is 86.6 Å². The molecule has 696 valence electrons. The van der Waals surface area contributed by atoms with Gasteiger partial charge in [-0.15, -0.1) is 0 Å². The lowest BCUT2D eigenvalue weighted by Crippen LogP contribution is -2.58. The van der Waals surface area contributed by atoms with E-state index in [1.54, 1.807) is 104 Å². The molecule has 0 radical (unpaired) electrons. The van der Waals surface area contributed by atoms with Crippen molar-refractivity contribution >= 4 is 100 Å². The smallest absolute Gasteiger partial charge is 0.410 e. The maximum absolute atomic E-state index is 14.6. The fourth-order valence-electron chi connectivity index (χ4n) is 15.9. The number of rotatable bonds is 44. The molecule has 9 N–H and O–H groups in total. The zero-order valence-electron chi connectivity index (χ0n) is 73.7. The number of nitrogens with zero attached hydrogens (tertiary/aromatic N) is 4. The number of aliphatic carboxylic acids is 3. The Labute approximate surface area is 745 Å². The van der Waals surface area contributed by atoms with Crippen LogP contribution in [0.1, 0.15) is 233 Å². The van der Waals surface area contributed by atoms with Gasteiger partial charge in [-0.2, -0.15) is 0 Å². The van der Waals surface area contributed by atoms with E-state index in [1.807, 2.05) is 85.8 Å². The molecule has 12 atom stereocenters. The van der Waals surface area contributed by atoms with Gasteiger partial charge >= 0.3 is 30.1 Å². The van der Waals surface area contributed by atoms with Crippen molar-refractivity contribution in [1.82, 2.24) is 51.5 Å². The Balaban J connectivity index is 0.000000444. The molecule has 10 amide bonds. The van der Waals surface area contributed by atoms with Crippen LogP contribution in [0.15, 0.2) is 109 Å². The molecule has 32 nitrogen and oxygen atoms in total. The molecule has 0 aliphatic carbocycles. The highest BCUT2D eigenvalue weighted by Crippen LogP contribution is 2.31. The van der Waals surface area contributed by atoms with Gasteiger partial charge in [0.1, 0.15) is 54.0 Å². The molecule has 0 bridgehead atoms. The molecule has 2 saturated heterocycles. The Morgan fingerprint density at radius 2 is 0.787 bits per heavy atom. The third kappa shape index (κ3) is 32.0. The topological polar surface area (TPSA) is 454 Å². The Morgan fingerprint density at radius 1 is 0.425 bits per heavy atom. The van der Waals surface area contributed by atoms with Gasteiger partial charge in [-0.3, -0.25) is 67.1 Å². The molecule has 127 heavy (non-hydrogen) atoms. The van der Waals surface area contributed by atoms with Crippen LogP contribution in [0.3, 0.4) is 0 Å². The number of ether oxygens (including phenoxy) is 2. The van der Waals surface area contributed by atoms with E-state index in [0.29, 0.717) is 83.1 Å². The number of benzene rings is 4. The van der Waals surface area contributed by atoms with Gasteiger partial charge in [0.15, 0.2) is 0 Å². The van der Waals surface area contributed by atoms with Crippen molar-refractivity contribution in [1.29, 1.82) is 0 Å². The predicted octanol–water partition coefficient (Wildman–Crippen LogP) is 10.0. The number of carbonyl (C=O) groups excluding carboxylic acids is 14. The molecule has 0 spiro atoms. The van der Waals surface area contributed by atoms with Crippen molar-refractivity contribution in [2.75, 3.05) is 26.2 Å². The summed E-state index contributed by atoms with van der Waals surface area (Å²) in [5.41, 5.74) is 5.62. The van der Waals surface area contributed by atoms with Crippen LogP contribution in [0.2, 0.25) is 0 Å². The van der Waals surface area contributed by atoms with E-state index in [0.717, 1.165) is 27.8 Å². The van der Waals surface area contributed by atoms with Gasteiger partial charge in [0.2, 0.25) is 47.0 Å². The molecule has 0 saturated carbocycles. The van der Waals surface area contributed by atoms with E-state index < -0.39 is 173 Å². The second kappa shape index (κ2) is 51.8. The third-order valence-electron chi connectivity index (χ3n) is 23.2. The molecular formula is C95H134N10O22. The zero-order valence-corrected chi connectivity index (χ0v) is 73.7. The fraction of sp³-hybridized carbons (Fsp3) is 0.568. The van der Waals surface area contributed by atoms with Crippen molar-refractivity contribution in [3.05, 3.63) is 143 Å². The minimum atomic E-state index is -1.44. The number of carboxylic acid groups (broad SMARTS) is 3. The molecule has 2 fully saturated rings. The third-order valence-corrected chi connectivity index (χ3v) is 23.2. The lowest BCUT2D eigenvalue weighted by molar-refractivity contribution is -0.146. The number of fused-ring (bicyclic) bond motifs is 2. The van der Waals surface area contributed by atoms with Crippen LogP contribution < -0.4 is 31.9 Å². The van der Waals surface area contributed by atoms with Crippen LogP contribution in [-0.2, 0) is 114 Å². The zero-order chi connectivity index (χ0) is 91.9. The first kappa shape index (κ1) is 106. The Kier molecular flexibility index (Phi) is 43.1. The first-order chi connectivity index (χ1) is 59.4. The van der Waals surface area contributed by atoms with Crippen molar-refractivity contribution in [2.24, 2.45) is 35.5 Å². The molecule has 6 unspecified atom stereocenters. The molecule has 4 aliphatic rings. The highest BCUT2D eigenvalue weighted by molar-refractivity contribution is 6.39. The number of ketones is 4. The van der Waals surface area contributed by atoms with E-state index >= 15 is 0 Å². The Morgan fingerprint density at radius 3 is 1.15 bits per heavy atom. The summed E-state index contributed by atoms with van der Waals surface area (Å²) in [6.45, 7) is 20.3. The second-order valence-corrected chi connectivity index (χ2v) is 34.3. The number of nitrogens with one attached hydrogen (secondary N) is 6. The number of hydrogen-bond acceptors (Lipinski definition) is 19. The molecule has 8 rings (SSSR count). The van der Waals surface area contributed by atoms with Gasteiger partial charge in [0.25, 0.3) is 11.8 Å². The fourth-order valence-corrected chi connectivity index (χ4v) is 15.9. The van der Waals surface area contributed by atoms with Crippen molar-refractivity contribution in [2.45, 2.75) is 287 Å². The summed E-state index contributed by atoms with van der Waals surface area (Å²) in [5.74, 6) is -14.7. The Hall–Kier alpha value is -11.7. The molecule has 4 aliphatic heterocycles. The largest absolute Gasteiger partial charge is 0.481 e. The molecule has 4 aromatic carbocycles. The van der Waals surface area contributed by atoms with Crippen molar-refractivity contribution < 1.29 is 106 Å². The van der Waals surface area contributed by atoms with Crippen LogP contribution in [0.25, 0.3) is 0 Å². The maximum atomic E-state index is 14.6. The van der Waals surface area contributed by atoms with E-state index in [1.165, 1.54) is 14.7 Å². The molecule has 32 heteroatoms. The molecular weight excluding hydrogens is 1630 g/mol.